The number of nitrogens with zero attached hydrogens (tertiary/aromatic N) is 3. The number of pyridine rings is 1. The second kappa shape index (κ2) is 10.1. The smallest absolute Gasteiger partial charge is 0.149 e. The molecular formula is C24H35FN6O. The second-order valence-corrected chi connectivity index (χ2v) is 9.76. The second-order valence-electron chi connectivity index (χ2n) is 9.76. The molecule has 3 N–H and O–H groups in total. The van der Waals surface area contributed by atoms with Gasteiger partial charge in [-0.25, -0.2) is 9.37 Å². The third-order valence-corrected chi connectivity index (χ3v) is 6.64. The molecule has 8 heteroatoms. The Morgan fingerprint density at radius 1 is 1.12 bits per heavy atom. The number of methoxy groups -OCH3 is 1. The van der Waals surface area contributed by atoms with Crippen molar-refractivity contribution in [2.75, 3.05) is 30.9 Å². The van der Waals surface area contributed by atoms with Crippen molar-refractivity contribution in [2.45, 2.75) is 70.5 Å². The third kappa shape index (κ3) is 6.13. The van der Waals surface area contributed by atoms with Crippen LogP contribution in [-0.4, -0.2) is 53.6 Å². The quantitative estimate of drug-likeness (QED) is 0.508. The summed E-state index contributed by atoms with van der Waals surface area (Å²) in [5.74, 6) is 1.01. The van der Waals surface area contributed by atoms with Crippen LogP contribution in [-0.2, 0) is 4.74 Å². The van der Waals surface area contributed by atoms with E-state index in [1.807, 2.05) is 6.07 Å². The third-order valence-electron chi connectivity index (χ3n) is 6.64. The maximum atomic E-state index is 14.6. The topological polar surface area (TPSA) is 84.0 Å². The van der Waals surface area contributed by atoms with Gasteiger partial charge in [-0.2, -0.15) is 5.10 Å². The zero-order chi connectivity index (χ0) is 22.6. The summed E-state index contributed by atoms with van der Waals surface area (Å²) in [7, 11) is 1.73. The van der Waals surface area contributed by atoms with E-state index in [1.54, 1.807) is 19.4 Å². The van der Waals surface area contributed by atoms with Crippen LogP contribution in [0.4, 0.5) is 16.0 Å². The van der Waals surface area contributed by atoms with Gasteiger partial charge < -0.3 is 20.7 Å². The summed E-state index contributed by atoms with van der Waals surface area (Å²) in [5, 5.41) is 18.7. The summed E-state index contributed by atoms with van der Waals surface area (Å²) in [6.45, 7) is 5.99. The van der Waals surface area contributed by atoms with Gasteiger partial charge in [0.05, 0.1) is 19.0 Å². The molecule has 2 aromatic heterocycles. The fraction of sp³-hybridized carbons (Fsp3) is 0.625. The number of nitrogens with one attached hydrogen (secondary N) is 3. The molecule has 0 radical (unpaired) electrons. The van der Waals surface area contributed by atoms with E-state index < -0.39 is 0 Å². The first kappa shape index (κ1) is 22.9. The van der Waals surface area contributed by atoms with Crippen LogP contribution in [0.25, 0.3) is 11.1 Å². The van der Waals surface area contributed by atoms with Gasteiger partial charge >= 0.3 is 0 Å². The predicted molar refractivity (Wildman–Crippen MR) is 125 cm³/mol. The van der Waals surface area contributed by atoms with Gasteiger partial charge in [0.15, 0.2) is 0 Å². The van der Waals surface area contributed by atoms with Gasteiger partial charge in [0, 0.05) is 42.9 Å². The fourth-order valence-electron chi connectivity index (χ4n) is 4.35. The minimum absolute atomic E-state index is 0.337. The van der Waals surface area contributed by atoms with E-state index in [1.165, 1.54) is 19.0 Å². The normalized spacial score (nSPS) is 22.9. The first-order chi connectivity index (χ1) is 15.4. The largest absolute Gasteiger partial charge is 0.383 e. The molecule has 0 aliphatic heterocycles. The Bertz CT molecular complexity index is 898. The number of rotatable bonds is 10. The van der Waals surface area contributed by atoms with Crippen LogP contribution in [0.1, 0.15) is 52.4 Å². The molecule has 2 aliphatic rings. The molecule has 2 fully saturated rings. The van der Waals surface area contributed by atoms with Gasteiger partial charge in [0.25, 0.3) is 0 Å². The Morgan fingerprint density at radius 2 is 1.88 bits per heavy atom. The van der Waals surface area contributed by atoms with Crippen LogP contribution in [0.3, 0.4) is 0 Å². The highest BCUT2D eigenvalue weighted by Gasteiger charge is 2.36. The van der Waals surface area contributed by atoms with Crippen molar-refractivity contribution in [1.82, 2.24) is 20.5 Å². The highest BCUT2D eigenvalue weighted by atomic mass is 19.1. The SMILES string of the molecule is COCC(C)NC1CCC(Nc2cc(-c3cnnc(NCC4(C)CC4)c3)c(F)cn2)CC1. The van der Waals surface area contributed by atoms with E-state index in [0.717, 1.165) is 38.8 Å². The number of anilines is 2. The minimum atomic E-state index is -0.358. The maximum absolute atomic E-state index is 14.6. The lowest BCUT2D eigenvalue weighted by Gasteiger charge is -2.31. The average molecular weight is 443 g/mol. The molecule has 0 bridgehead atoms. The Morgan fingerprint density at radius 3 is 2.59 bits per heavy atom. The van der Waals surface area contributed by atoms with Crippen molar-refractivity contribution >= 4 is 11.6 Å². The van der Waals surface area contributed by atoms with Crippen LogP contribution < -0.4 is 16.0 Å². The number of aromatic nitrogens is 3. The number of ether oxygens (including phenoxy) is 1. The molecule has 7 nitrogen and oxygen atoms in total. The van der Waals surface area contributed by atoms with Crippen LogP contribution in [0.5, 0.6) is 0 Å². The summed E-state index contributed by atoms with van der Waals surface area (Å²) >= 11 is 0. The molecule has 174 valence electrons. The molecule has 4 rings (SSSR count). The zero-order valence-corrected chi connectivity index (χ0v) is 19.3. The standard InChI is InChI=1S/C24H35FN6O/c1-16(14-32-3)29-18-4-6-19(7-5-18)30-22-11-20(21(25)13-26-22)17-10-23(31-28-12-17)27-15-24(2)8-9-24/h10-13,16,18-19,29H,4-9,14-15H2,1-3H3,(H,26,30)(H,27,31). The zero-order valence-electron chi connectivity index (χ0n) is 19.3. The van der Waals surface area contributed by atoms with Crippen molar-refractivity contribution < 1.29 is 9.13 Å². The van der Waals surface area contributed by atoms with E-state index in [-0.39, 0.29) is 5.82 Å². The predicted octanol–water partition coefficient (Wildman–Crippen LogP) is 4.24. The summed E-state index contributed by atoms with van der Waals surface area (Å²) < 4.78 is 19.8. The van der Waals surface area contributed by atoms with E-state index in [9.17, 15) is 4.39 Å². The lowest BCUT2D eigenvalue weighted by atomic mass is 9.90. The molecule has 32 heavy (non-hydrogen) atoms. The van der Waals surface area contributed by atoms with Crippen molar-refractivity contribution in [3.05, 3.63) is 30.3 Å². The average Bonchev–Trinajstić information content (AvgIpc) is 3.53. The van der Waals surface area contributed by atoms with E-state index >= 15 is 0 Å². The van der Waals surface area contributed by atoms with E-state index in [0.29, 0.717) is 46.3 Å². The monoisotopic (exact) mass is 442 g/mol. The first-order valence-electron chi connectivity index (χ1n) is 11.7. The molecule has 0 amide bonds. The molecule has 2 aromatic rings. The summed E-state index contributed by atoms with van der Waals surface area (Å²) in [4.78, 5) is 4.28. The van der Waals surface area contributed by atoms with Crippen molar-refractivity contribution in [2.24, 2.45) is 5.41 Å². The van der Waals surface area contributed by atoms with Crippen LogP contribution in [0, 0.1) is 11.2 Å². The summed E-state index contributed by atoms with van der Waals surface area (Å²) in [6.07, 6.45) is 9.64. The van der Waals surface area contributed by atoms with Crippen LogP contribution in [0.2, 0.25) is 0 Å². The Kier molecular flexibility index (Phi) is 7.20. The Labute approximate surface area is 190 Å². The molecule has 2 aliphatic carbocycles. The highest BCUT2D eigenvalue weighted by Crippen LogP contribution is 2.44. The van der Waals surface area contributed by atoms with Crippen molar-refractivity contribution in [3.8, 4) is 11.1 Å². The molecule has 0 aromatic carbocycles. The first-order valence-corrected chi connectivity index (χ1v) is 11.7. The molecule has 2 heterocycles. The molecule has 0 spiro atoms. The van der Waals surface area contributed by atoms with Crippen LogP contribution >= 0.6 is 0 Å². The van der Waals surface area contributed by atoms with Gasteiger partial charge in [-0.3, -0.25) is 0 Å². The Hall–Kier alpha value is -2.32. The number of hydrogen-bond donors (Lipinski definition) is 3. The van der Waals surface area contributed by atoms with Gasteiger partial charge in [-0.1, -0.05) is 6.92 Å². The number of hydrogen-bond acceptors (Lipinski definition) is 7. The maximum Gasteiger partial charge on any atom is 0.149 e. The fourth-order valence-corrected chi connectivity index (χ4v) is 4.35. The van der Waals surface area contributed by atoms with E-state index in [4.69, 9.17) is 4.74 Å². The number of halogens is 1. The van der Waals surface area contributed by atoms with Gasteiger partial charge in [-0.15, -0.1) is 5.10 Å². The van der Waals surface area contributed by atoms with Gasteiger partial charge in [-0.05, 0) is 63.0 Å². The van der Waals surface area contributed by atoms with E-state index in [2.05, 4.69) is 45.0 Å². The Balaban J connectivity index is 1.36. The molecular weight excluding hydrogens is 407 g/mol. The van der Waals surface area contributed by atoms with Crippen molar-refractivity contribution in [1.29, 1.82) is 0 Å². The van der Waals surface area contributed by atoms with Crippen LogP contribution in [0.15, 0.2) is 24.5 Å². The molecule has 0 saturated heterocycles. The summed E-state index contributed by atoms with van der Waals surface area (Å²) in [6, 6.07) is 4.85. The van der Waals surface area contributed by atoms with Gasteiger partial charge in [0.2, 0.25) is 0 Å². The molecule has 1 atom stereocenters. The summed E-state index contributed by atoms with van der Waals surface area (Å²) in [5.41, 5.74) is 1.54. The van der Waals surface area contributed by atoms with Gasteiger partial charge in [0.1, 0.15) is 17.5 Å². The van der Waals surface area contributed by atoms with Crippen molar-refractivity contribution in [3.63, 3.8) is 0 Å². The highest BCUT2D eigenvalue weighted by molar-refractivity contribution is 5.68. The lowest BCUT2D eigenvalue weighted by molar-refractivity contribution is 0.161. The molecule has 2 saturated carbocycles. The molecule has 1 unspecified atom stereocenters. The minimum Gasteiger partial charge on any atom is -0.383 e. The lowest BCUT2D eigenvalue weighted by Crippen LogP contribution is -2.42.